The van der Waals surface area contributed by atoms with Gasteiger partial charge in [-0.15, -0.1) is 10.2 Å². The normalized spacial score (nSPS) is 14.6. The van der Waals surface area contributed by atoms with Crippen molar-refractivity contribution in [2.75, 3.05) is 12.0 Å². The van der Waals surface area contributed by atoms with Gasteiger partial charge in [0, 0.05) is 11.1 Å². The summed E-state index contributed by atoms with van der Waals surface area (Å²) >= 11 is 2.69. The molecule has 1 atom stereocenters. The van der Waals surface area contributed by atoms with Gasteiger partial charge in [0.1, 0.15) is 12.2 Å². The summed E-state index contributed by atoms with van der Waals surface area (Å²) < 4.78 is 18.3. The molecule has 48 heavy (non-hydrogen) atoms. The number of aliphatic hydroxyl groups excluding tert-OH is 1. The molecule has 240 valence electrons. The number of ketones is 1. The van der Waals surface area contributed by atoms with E-state index in [0.717, 1.165) is 16.5 Å². The molecule has 2 aromatic heterocycles. The SMILES string of the molecule is COc1cc(C2C(C(=O)c3cc4ccccc4o3)=C(O)C(=O)N2c2nnc(SCc3ccc(C)cc3)s2)ccc1OCc1ccccc1. The van der Waals surface area contributed by atoms with Crippen LogP contribution in [0, 0.1) is 6.92 Å². The van der Waals surface area contributed by atoms with Gasteiger partial charge in [0.15, 0.2) is 27.4 Å². The number of aryl methyl sites for hydroxylation is 1. The standard InChI is InChI=1S/C37H29N3O6S2/c1-22-12-14-24(15-13-22)21-47-37-39-38-36(48-37)40-32(26-16-17-28(29(19-26)44-2)45-20-23-8-4-3-5-9-23)31(34(42)35(40)43)33(41)30-18-25-10-6-7-11-27(25)46-30/h3-19,32,42H,20-21H2,1-2H3. The predicted molar refractivity (Wildman–Crippen MR) is 185 cm³/mol. The quantitative estimate of drug-likeness (QED) is 0.0823. The molecule has 1 aliphatic rings. The fourth-order valence-electron chi connectivity index (χ4n) is 5.47. The molecule has 7 rings (SSSR count). The van der Waals surface area contributed by atoms with Crippen molar-refractivity contribution in [1.29, 1.82) is 0 Å². The highest BCUT2D eigenvalue weighted by atomic mass is 32.2. The Labute approximate surface area is 284 Å². The molecule has 3 heterocycles. The van der Waals surface area contributed by atoms with E-state index in [0.29, 0.717) is 39.3 Å². The lowest BCUT2D eigenvalue weighted by Crippen LogP contribution is -2.31. The average molecular weight is 676 g/mol. The molecule has 0 saturated carbocycles. The number of methoxy groups -OCH3 is 1. The number of nitrogens with zero attached hydrogens (tertiary/aromatic N) is 3. The summed E-state index contributed by atoms with van der Waals surface area (Å²) in [5, 5.41) is 20.9. The number of hydrogen-bond donors (Lipinski definition) is 1. The van der Waals surface area contributed by atoms with Crippen LogP contribution in [0.25, 0.3) is 11.0 Å². The first kappa shape index (κ1) is 31.2. The molecule has 0 radical (unpaired) electrons. The molecule has 1 N–H and O–H groups in total. The van der Waals surface area contributed by atoms with Crippen molar-refractivity contribution in [3.63, 3.8) is 0 Å². The molecule has 9 nitrogen and oxygen atoms in total. The number of aromatic nitrogens is 2. The number of benzene rings is 4. The Morgan fingerprint density at radius 3 is 2.48 bits per heavy atom. The summed E-state index contributed by atoms with van der Waals surface area (Å²) in [6, 6.07) is 30.9. The van der Waals surface area contributed by atoms with Crippen LogP contribution < -0.4 is 14.4 Å². The Kier molecular flexibility index (Phi) is 8.70. The van der Waals surface area contributed by atoms with E-state index >= 15 is 0 Å². The number of hydrogen-bond acceptors (Lipinski definition) is 10. The molecule has 0 spiro atoms. The zero-order chi connectivity index (χ0) is 33.2. The minimum Gasteiger partial charge on any atom is -0.503 e. The number of furan rings is 1. The van der Waals surface area contributed by atoms with Crippen LogP contribution in [-0.4, -0.2) is 34.1 Å². The highest BCUT2D eigenvalue weighted by Crippen LogP contribution is 2.46. The van der Waals surface area contributed by atoms with Crippen molar-refractivity contribution >= 4 is 50.9 Å². The Balaban J connectivity index is 1.24. The zero-order valence-electron chi connectivity index (χ0n) is 26.0. The maximum absolute atomic E-state index is 14.1. The van der Waals surface area contributed by atoms with Crippen molar-refractivity contribution in [3.05, 3.63) is 142 Å². The molecule has 0 fully saturated rings. The van der Waals surface area contributed by atoms with Gasteiger partial charge in [0.2, 0.25) is 10.9 Å². The van der Waals surface area contributed by atoms with Crippen molar-refractivity contribution < 1.29 is 28.6 Å². The number of carbonyl (C=O) groups excluding carboxylic acids is 2. The van der Waals surface area contributed by atoms with Crippen molar-refractivity contribution in [2.45, 2.75) is 29.7 Å². The van der Waals surface area contributed by atoms with E-state index in [1.807, 2.05) is 49.4 Å². The first-order valence-electron chi connectivity index (χ1n) is 15.1. The average Bonchev–Trinajstić information content (AvgIpc) is 3.83. The van der Waals surface area contributed by atoms with Gasteiger partial charge in [-0.25, -0.2) is 0 Å². The highest BCUT2D eigenvalue weighted by Gasteiger charge is 2.47. The lowest BCUT2D eigenvalue weighted by Gasteiger charge is -2.24. The second-order valence-corrected chi connectivity index (χ2v) is 13.3. The van der Waals surface area contributed by atoms with Crippen LogP contribution in [0.1, 0.15) is 38.9 Å². The first-order chi connectivity index (χ1) is 23.4. The lowest BCUT2D eigenvalue weighted by atomic mass is 9.95. The van der Waals surface area contributed by atoms with E-state index in [2.05, 4.69) is 34.5 Å². The summed E-state index contributed by atoms with van der Waals surface area (Å²) in [7, 11) is 1.52. The summed E-state index contributed by atoms with van der Waals surface area (Å²) in [6.45, 7) is 2.35. The first-order valence-corrected chi connectivity index (χ1v) is 16.9. The second-order valence-electron chi connectivity index (χ2n) is 11.1. The third-order valence-electron chi connectivity index (χ3n) is 7.93. The van der Waals surface area contributed by atoms with Gasteiger partial charge in [-0.3, -0.25) is 14.5 Å². The number of ether oxygens (including phenoxy) is 2. The zero-order valence-corrected chi connectivity index (χ0v) is 27.6. The molecule has 1 unspecified atom stereocenters. The topological polar surface area (TPSA) is 115 Å². The number of rotatable bonds is 11. The molecule has 4 aromatic carbocycles. The molecule has 0 saturated heterocycles. The van der Waals surface area contributed by atoms with Gasteiger partial charge in [-0.1, -0.05) is 108 Å². The Bertz CT molecular complexity index is 2120. The van der Waals surface area contributed by atoms with Crippen LogP contribution in [0.5, 0.6) is 11.5 Å². The van der Waals surface area contributed by atoms with E-state index in [4.69, 9.17) is 13.9 Å². The second kappa shape index (κ2) is 13.4. The molecule has 11 heteroatoms. The van der Waals surface area contributed by atoms with Crippen LogP contribution in [0.15, 0.2) is 123 Å². The number of thioether (sulfide) groups is 1. The smallest absolute Gasteiger partial charge is 0.296 e. The van der Waals surface area contributed by atoms with Crippen LogP contribution in [-0.2, 0) is 17.2 Å². The van der Waals surface area contributed by atoms with Gasteiger partial charge >= 0.3 is 0 Å². The lowest BCUT2D eigenvalue weighted by molar-refractivity contribution is -0.117. The van der Waals surface area contributed by atoms with Crippen LogP contribution in [0.3, 0.4) is 0 Å². The molecule has 0 bridgehead atoms. The Morgan fingerprint density at radius 1 is 0.938 bits per heavy atom. The number of aliphatic hydroxyl groups is 1. The molecular weight excluding hydrogens is 647 g/mol. The number of Topliss-reactive ketones (excluding diaryl/α,β-unsaturated/α-hetero) is 1. The largest absolute Gasteiger partial charge is 0.503 e. The fourth-order valence-corrected chi connectivity index (χ4v) is 7.30. The number of carbonyl (C=O) groups is 2. The minimum atomic E-state index is -1.06. The van der Waals surface area contributed by atoms with E-state index in [1.54, 1.807) is 36.4 Å². The number of anilines is 1. The molecular formula is C37H29N3O6S2. The summed E-state index contributed by atoms with van der Waals surface area (Å²) in [5.74, 6) is -0.542. The number of para-hydroxylation sites is 1. The van der Waals surface area contributed by atoms with E-state index < -0.39 is 23.5 Å². The van der Waals surface area contributed by atoms with E-state index in [-0.39, 0.29) is 16.5 Å². The third-order valence-corrected chi connectivity index (χ3v) is 10.1. The van der Waals surface area contributed by atoms with Gasteiger partial charge in [-0.2, -0.15) is 0 Å². The number of amides is 1. The maximum atomic E-state index is 14.1. The van der Waals surface area contributed by atoms with Gasteiger partial charge in [-0.05, 0) is 47.9 Å². The summed E-state index contributed by atoms with van der Waals surface area (Å²) in [4.78, 5) is 29.2. The van der Waals surface area contributed by atoms with Gasteiger partial charge < -0.3 is 19.0 Å². The summed E-state index contributed by atoms with van der Waals surface area (Å²) in [5.41, 5.74) is 4.16. The molecule has 1 amide bonds. The number of fused-ring (bicyclic) bond motifs is 1. The minimum absolute atomic E-state index is 0.00112. The third kappa shape index (κ3) is 6.17. The molecule has 0 aliphatic carbocycles. The van der Waals surface area contributed by atoms with Crippen molar-refractivity contribution in [1.82, 2.24) is 10.2 Å². The van der Waals surface area contributed by atoms with Crippen molar-refractivity contribution in [2.24, 2.45) is 0 Å². The fraction of sp³-hybridized carbons (Fsp3) is 0.135. The van der Waals surface area contributed by atoms with Crippen LogP contribution >= 0.6 is 23.1 Å². The predicted octanol–water partition coefficient (Wildman–Crippen LogP) is 8.26. The Morgan fingerprint density at radius 2 is 1.71 bits per heavy atom. The van der Waals surface area contributed by atoms with Crippen LogP contribution in [0.4, 0.5) is 5.13 Å². The Hall–Kier alpha value is -5.39. The highest BCUT2D eigenvalue weighted by molar-refractivity contribution is 8.00. The molecule has 6 aromatic rings. The summed E-state index contributed by atoms with van der Waals surface area (Å²) in [6.07, 6.45) is 0. The maximum Gasteiger partial charge on any atom is 0.296 e. The van der Waals surface area contributed by atoms with Gasteiger partial charge in [0.25, 0.3) is 5.91 Å². The van der Waals surface area contributed by atoms with E-state index in [9.17, 15) is 14.7 Å². The van der Waals surface area contributed by atoms with Crippen molar-refractivity contribution in [3.8, 4) is 11.5 Å². The molecule has 1 aliphatic heterocycles. The van der Waals surface area contributed by atoms with E-state index in [1.165, 1.54) is 40.7 Å². The van der Waals surface area contributed by atoms with Crippen LogP contribution in [0.2, 0.25) is 0 Å². The monoisotopic (exact) mass is 675 g/mol. The van der Waals surface area contributed by atoms with Gasteiger partial charge in [0.05, 0.1) is 18.7 Å².